The lowest BCUT2D eigenvalue weighted by atomic mass is 10.1. The van der Waals surface area contributed by atoms with Crippen molar-refractivity contribution in [3.63, 3.8) is 0 Å². The van der Waals surface area contributed by atoms with Crippen molar-refractivity contribution in [3.8, 4) is 17.4 Å². The zero-order chi connectivity index (χ0) is 26.3. The molecule has 0 saturated carbocycles. The Morgan fingerprint density at radius 3 is 2.24 bits per heavy atom. The third-order valence-corrected chi connectivity index (χ3v) is 5.83. The van der Waals surface area contributed by atoms with Gasteiger partial charge < -0.3 is 19.5 Å². The number of pyridine rings is 1. The van der Waals surface area contributed by atoms with Crippen LogP contribution in [-0.2, 0) is 11.3 Å². The zero-order valence-electron chi connectivity index (χ0n) is 20.6. The molecule has 0 atom stereocenters. The van der Waals surface area contributed by atoms with Crippen molar-refractivity contribution in [1.29, 1.82) is 0 Å². The first-order chi connectivity index (χ1) is 18.6. The molecule has 1 heterocycles. The van der Waals surface area contributed by atoms with Gasteiger partial charge in [-0.1, -0.05) is 54.6 Å². The van der Waals surface area contributed by atoms with E-state index in [0.717, 1.165) is 22.1 Å². The summed E-state index contributed by atoms with van der Waals surface area (Å²) in [5.41, 5.74) is 2.05. The van der Waals surface area contributed by atoms with Gasteiger partial charge in [-0.15, -0.1) is 0 Å². The molecule has 7 heteroatoms. The summed E-state index contributed by atoms with van der Waals surface area (Å²) in [6.07, 6.45) is 1.42. The van der Waals surface area contributed by atoms with Crippen LogP contribution in [0.2, 0.25) is 0 Å². The molecule has 0 bridgehead atoms. The van der Waals surface area contributed by atoms with Crippen LogP contribution in [0.5, 0.6) is 17.4 Å². The SMILES string of the molecule is COC(=O)c1ccccc1NC(=O)c1ccc(Oc2ccc3cc(OCc4ccccc4)ccc3c2)nc1. The molecule has 0 aliphatic carbocycles. The van der Waals surface area contributed by atoms with Crippen LogP contribution in [0, 0.1) is 0 Å². The molecular weight excluding hydrogens is 480 g/mol. The topological polar surface area (TPSA) is 86.8 Å². The highest BCUT2D eigenvalue weighted by Crippen LogP contribution is 2.28. The minimum absolute atomic E-state index is 0.266. The van der Waals surface area contributed by atoms with Gasteiger partial charge in [0.05, 0.1) is 23.9 Å². The van der Waals surface area contributed by atoms with E-state index in [2.05, 4.69) is 10.3 Å². The lowest BCUT2D eigenvalue weighted by Crippen LogP contribution is -2.15. The summed E-state index contributed by atoms with van der Waals surface area (Å²) in [5, 5.41) is 4.74. The second-order valence-corrected chi connectivity index (χ2v) is 8.42. The van der Waals surface area contributed by atoms with Gasteiger partial charge in [-0.3, -0.25) is 4.79 Å². The Hall–Kier alpha value is -5.17. The molecule has 0 saturated heterocycles. The van der Waals surface area contributed by atoms with E-state index in [9.17, 15) is 9.59 Å². The molecule has 0 spiro atoms. The first kappa shape index (κ1) is 24.5. The van der Waals surface area contributed by atoms with E-state index in [1.165, 1.54) is 13.3 Å². The number of methoxy groups -OCH3 is 1. The van der Waals surface area contributed by atoms with Crippen LogP contribution in [0.3, 0.4) is 0 Å². The van der Waals surface area contributed by atoms with Crippen LogP contribution in [-0.4, -0.2) is 24.0 Å². The number of fused-ring (bicyclic) bond motifs is 1. The second kappa shape index (κ2) is 11.3. The van der Waals surface area contributed by atoms with Crippen LogP contribution < -0.4 is 14.8 Å². The van der Waals surface area contributed by atoms with Crippen LogP contribution >= 0.6 is 0 Å². The molecule has 0 radical (unpaired) electrons. The van der Waals surface area contributed by atoms with Crippen molar-refractivity contribution >= 4 is 28.3 Å². The average molecular weight is 505 g/mol. The average Bonchev–Trinajstić information content (AvgIpc) is 2.97. The van der Waals surface area contributed by atoms with Crippen molar-refractivity contribution in [2.24, 2.45) is 0 Å². The molecule has 1 amide bonds. The number of amides is 1. The number of anilines is 1. The number of hydrogen-bond acceptors (Lipinski definition) is 6. The second-order valence-electron chi connectivity index (χ2n) is 8.42. The maximum Gasteiger partial charge on any atom is 0.339 e. The molecular formula is C31H24N2O5. The summed E-state index contributed by atoms with van der Waals surface area (Å²) in [5.74, 6) is 0.816. The van der Waals surface area contributed by atoms with E-state index in [0.29, 0.717) is 29.5 Å². The molecule has 4 aromatic carbocycles. The van der Waals surface area contributed by atoms with Gasteiger partial charge in [0, 0.05) is 12.3 Å². The predicted molar refractivity (Wildman–Crippen MR) is 145 cm³/mol. The number of nitrogens with zero attached hydrogens (tertiary/aromatic N) is 1. The molecule has 38 heavy (non-hydrogen) atoms. The van der Waals surface area contributed by atoms with Crippen molar-refractivity contribution < 1.29 is 23.8 Å². The lowest BCUT2D eigenvalue weighted by Gasteiger charge is -2.10. The molecule has 1 aromatic heterocycles. The monoisotopic (exact) mass is 504 g/mol. The number of para-hydroxylation sites is 1. The number of aromatic nitrogens is 1. The van der Waals surface area contributed by atoms with E-state index in [1.54, 1.807) is 36.4 Å². The number of esters is 1. The van der Waals surface area contributed by atoms with Gasteiger partial charge in [0.1, 0.15) is 18.1 Å². The van der Waals surface area contributed by atoms with E-state index in [4.69, 9.17) is 14.2 Å². The molecule has 0 aliphatic rings. The van der Waals surface area contributed by atoms with Crippen molar-refractivity contribution in [1.82, 2.24) is 4.98 Å². The largest absolute Gasteiger partial charge is 0.489 e. The fourth-order valence-electron chi connectivity index (χ4n) is 3.87. The quantitative estimate of drug-likeness (QED) is 0.238. The Morgan fingerprint density at radius 1 is 0.789 bits per heavy atom. The standard InChI is InChI=1S/C31H24N2O5/c1-36-31(35)27-9-5-6-10-28(27)33-30(34)24-13-16-29(32-19-24)38-26-15-12-22-17-25(14-11-23(22)18-26)37-20-21-7-3-2-4-8-21/h2-19H,20H2,1H3,(H,33,34). The highest BCUT2D eigenvalue weighted by Gasteiger charge is 2.15. The molecule has 0 unspecified atom stereocenters. The first-order valence-electron chi connectivity index (χ1n) is 11.9. The van der Waals surface area contributed by atoms with Gasteiger partial charge in [0.2, 0.25) is 5.88 Å². The minimum atomic E-state index is -0.533. The number of hydrogen-bond donors (Lipinski definition) is 1. The maximum absolute atomic E-state index is 12.7. The van der Waals surface area contributed by atoms with E-state index in [-0.39, 0.29) is 5.56 Å². The number of carbonyl (C=O) groups excluding carboxylic acids is 2. The van der Waals surface area contributed by atoms with E-state index < -0.39 is 11.9 Å². The van der Waals surface area contributed by atoms with E-state index >= 15 is 0 Å². The van der Waals surface area contributed by atoms with Gasteiger partial charge in [-0.25, -0.2) is 9.78 Å². The third kappa shape index (κ3) is 5.79. The number of carbonyl (C=O) groups is 2. The molecule has 0 aliphatic heterocycles. The van der Waals surface area contributed by atoms with Crippen molar-refractivity contribution in [3.05, 3.63) is 126 Å². The predicted octanol–water partition coefficient (Wildman–Crippen LogP) is 6.65. The Kier molecular flexibility index (Phi) is 7.27. The summed E-state index contributed by atoms with van der Waals surface area (Å²) < 4.78 is 16.6. The highest BCUT2D eigenvalue weighted by molar-refractivity contribution is 6.07. The fraction of sp³-hybridized carbons (Fsp3) is 0.0645. The van der Waals surface area contributed by atoms with Crippen LogP contribution in [0.25, 0.3) is 10.8 Å². The van der Waals surface area contributed by atoms with Gasteiger partial charge in [0.25, 0.3) is 5.91 Å². The van der Waals surface area contributed by atoms with Gasteiger partial charge in [-0.05, 0) is 58.8 Å². The van der Waals surface area contributed by atoms with Gasteiger partial charge in [0.15, 0.2) is 0 Å². The smallest absolute Gasteiger partial charge is 0.339 e. The van der Waals surface area contributed by atoms with Crippen LogP contribution in [0.15, 0.2) is 109 Å². The summed E-state index contributed by atoms with van der Waals surface area (Å²) in [4.78, 5) is 28.9. The summed E-state index contributed by atoms with van der Waals surface area (Å²) in [6, 6.07) is 31.5. The number of ether oxygens (including phenoxy) is 3. The Balaban J connectivity index is 1.23. The Labute approximate surface area is 219 Å². The molecule has 7 nitrogen and oxygen atoms in total. The highest BCUT2D eigenvalue weighted by atomic mass is 16.5. The first-order valence-corrected chi connectivity index (χ1v) is 11.9. The molecule has 5 rings (SSSR count). The Morgan fingerprint density at radius 2 is 1.50 bits per heavy atom. The summed E-state index contributed by atoms with van der Waals surface area (Å²) >= 11 is 0. The summed E-state index contributed by atoms with van der Waals surface area (Å²) in [7, 11) is 1.29. The van der Waals surface area contributed by atoms with Crippen LogP contribution in [0.4, 0.5) is 5.69 Å². The number of benzene rings is 4. The number of rotatable bonds is 8. The molecule has 188 valence electrons. The van der Waals surface area contributed by atoms with Crippen molar-refractivity contribution in [2.45, 2.75) is 6.61 Å². The van der Waals surface area contributed by atoms with Crippen molar-refractivity contribution in [2.75, 3.05) is 12.4 Å². The normalized spacial score (nSPS) is 10.6. The van der Waals surface area contributed by atoms with Gasteiger partial charge in [-0.2, -0.15) is 0 Å². The summed E-state index contributed by atoms with van der Waals surface area (Å²) in [6.45, 7) is 0.505. The Bertz CT molecular complexity index is 1580. The molecule has 1 N–H and O–H groups in total. The minimum Gasteiger partial charge on any atom is -0.489 e. The lowest BCUT2D eigenvalue weighted by molar-refractivity contribution is 0.0602. The van der Waals surface area contributed by atoms with E-state index in [1.807, 2.05) is 66.7 Å². The molecule has 0 fully saturated rings. The fourth-order valence-corrected chi connectivity index (χ4v) is 3.87. The maximum atomic E-state index is 12.7. The van der Waals surface area contributed by atoms with Crippen LogP contribution in [0.1, 0.15) is 26.3 Å². The third-order valence-electron chi connectivity index (χ3n) is 5.83. The zero-order valence-corrected chi connectivity index (χ0v) is 20.6. The number of nitrogens with one attached hydrogen (secondary N) is 1. The molecule has 5 aromatic rings. The van der Waals surface area contributed by atoms with Gasteiger partial charge >= 0.3 is 5.97 Å².